The third kappa shape index (κ3) is 3.46. The van der Waals surface area contributed by atoms with Crippen molar-refractivity contribution >= 4 is 17.4 Å². The first kappa shape index (κ1) is 12.9. The topological polar surface area (TPSA) is 76.3 Å². The lowest BCUT2D eigenvalue weighted by atomic mass is 10.2. The number of hydrogen-bond donors (Lipinski definition) is 1. The van der Waals surface area contributed by atoms with E-state index in [1.165, 1.54) is 24.0 Å². The van der Waals surface area contributed by atoms with Crippen LogP contribution in [-0.2, 0) is 0 Å². The van der Waals surface area contributed by atoms with E-state index in [0.717, 1.165) is 0 Å². The first-order valence-corrected chi connectivity index (χ1v) is 5.88. The van der Waals surface area contributed by atoms with Crippen molar-refractivity contribution in [3.63, 3.8) is 0 Å². The number of pyridine rings is 1. The van der Waals surface area contributed by atoms with Crippen molar-refractivity contribution in [1.29, 1.82) is 0 Å². The highest BCUT2D eigenvalue weighted by atomic mass is 32.2. The van der Waals surface area contributed by atoms with Gasteiger partial charge in [-0.3, -0.25) is 10.1 Å². The Morgan fingerprint density at radius 1 is 1.69 bits per heavy atom. The fraction of sp³-hybridized carbons (Fsp3) is 0.500. The maximum Gasteiger partial charge on any atom is 0.276 e. The second kappa shape index (κ2) is 5.81. The summed E-state index contributed by atoms with van der Waals surface area (Å²) in [6, 6.07) is 1.48. The van der Waals surface area contributed by atoms with Gasteiger partial charge in [-0.2, -0.15) is 0 Å². The van der Waals surface area contributed by atoms with Crippen LogP contribution in [0.5, 0.6) is 0 Å². The van der Waals surface area contributed by atoms with E-state index >= 15 is 0 Å². The molecule has 1 N–H and O–H groups in total. The van der Waals surface area contributed by atoms with Gasteiger partial charge in [-0.1, -0.05) is 6.92 Å². The number of hydrogen-bond acceptors (Lipinski definition) is 5. The van der Waals surface area contributed by atoms with Gasteiger partial charge in [0.15, 0.2) is 0 Å². The van der Waals surface area contributed by atoms with Crippen molar-refractivity contribution in [3.05, 3.63) is 27.9 Å². The van der Waals surface area contributed by atoms with Crippen LogP contribution in [0.15, 0.2) is 17.3 Å². The van der Waals surface area contributed by atoms with Crippen LogP contribution in [0.4, 0.5) is 5.69 Å². The summed E-state index contributed by atoms with van der Waals surface area (Å²) in [5.74, 6) is 0.858. The van der Waals surface area contributed by atoms with E-state index in [1.807, 2.05) is 6.92 Å². The van der Waals surface area contributed by atoms with Crippen molar-refractivity contribution in [2.24, 2.45) is 5.92 Å². The molecule has 0 aliphatic carbocycles. The molecule has 0 saturated heterocycles. The van der Waals surface area contributed by atoms with Gasteiger partial charge < -0.3 is 5.11 Å². The molecule has 1 unspecified atom stereocenters. The van der Waals surface area contributed by atoms with E-state index in [9.17, 15) is 10.1 Å². The number of aliphatic hydroxyl groups is 1. The van der Waals surface area contributed by atoms with Gasteiger partial charge in [0.2, 0.25) is 0 Å². The Hall–Kier alpha value is -1.14. The Kier molecular flexibility index (Phi) is 4.70. The number of rotatable bonds is 5. The molecule has 1 aromatic rings. The normalized spacial score (nSPS) is 12.4. The molecule has 0 bridgehead atoms. The predicted octanol–water partition coefficient (Wildman–Crippen LogP) is 2.02. The van der Waals surface area contributed by atoms with Crippen LogP contribution in [0, 0.1) is 23.0 Å². The molecule has 0 amide bonds. The Morgan fingerprint density at radius 2 is 2.38 bits per heavy atom. The summed E-state index contributed by atoms with van der Waals surface area (Å²) in [5.41, 5.74) is 0.652. The number of aromatic nitrogens is 1. The molecule has 0 fully saturated rings. The number of nitrogens with zero attached hydrogens (tertiary/aromatic N) is 2. The first-order chi connectivity index (χ1) is 7.54. The van der Waals surface area contributed by atoms with Gasteiger partial charge in [-0.15, -0.1) is 11.8 Å². The van der Waals surface area contributed by atoms with Crippen LogP contribution in [0.3, 0.4) is 0 Å². The maximum atomic E-state index is 10.7. The summed E-state index contributed by atoms with van der Waals surface area (Å²) in [7, 11) is 0. The summed E-state index contributed by atoms with van der Waals surface area (Å²) >= 11 is 1.42. The number of aliphatic hydroxyl groups excluding tert-OH is 1. The van der Waals surface area contributed by atoms with E-state index < -0.39 is 4.92 Å². The molecule has 0 saturated carbocycles. The average molecular weight is 242 g/mol. The second-order valence-electron chi connectivity index (χ2n) is 3.66. The molecule has 5 nitrogen and oxygen atoms in total. The lowest BCUT2D eigenvalue weighted by Gasteiger charge is -2.06. The fourth-order valence-corrected chi connectivity index (χ4v) is 1.93. The third-order valence-corrected chi connectivity index (χ3v) is 3.33. The second-order valence-corrected chi connectivity index (χ2v) is 4.71. The highest BCUT2D eigenvalue weighted by molar-refractivity contribution is 7.99. The van der Waals surface area contributed by atoms with Crippen LogP contribution < -0.4 is 0 Å². The van der Waals surface area contributed by atoms with Crippen molar-refractivity contribution < 1.29 is 10.0 Å². The summed E-state index contributed by atoms with van der Waals surface area (Å²) in [4.78, 5) is 14.4. The van der Waals surface area contributed by atoms with Crippen LogP contribution in [0.1, 0.15) is 12.5 Å². The van der Waals surface area contributed by atoms with Gasteiger partial charge in [-0.25, -0.2) is 4.98 Å². The van der Waals surface area contributed by atoms with E-state index in [1.54, 1.807) is 6.92 Å². The minimum absolute atomic E-state index is 0.0918. The lowest BCUT2D eigenvalue weighted by molar-refractivity contribution is -0.385. The van der Waals surface area contributed by atoms with Crippen LogP contribution in [0.25, 0.3) is 0 Å². The molecule has 0 aliphatic rings. The zero-order chi connectivity index (χ0) is 12.1. The van der Waals surface area contributed by atoms with Gasteiger partial charge in [0, 0.05) is 30.2 Å². The summed E-state index contributed by atoms with van der Waals surface area (Å²) in [5, 5.41) is 20.2. The molecule has 0 aliphatic heterocycles. The third-order valence-electron chi connectivity index (χ3n) is 2.07. The van der Waals surface area contributed by atoms with E-state index in [-0.39, 0.29) is 18.2 Å². The molecule has 6 heteroatoms. The molecule has 1 heterocycles. The Bertz CT molecular complexity index is 384. The summed E-state index contributed by atoms with van der Waals surface area (Å²) < 4.78 is 0. The average Bonchev–Trinajstić information content (AvgIpc) is 2.27. The van der Waals surface area contributed by atoms with Gasteiger partial charge in [0.25, 0.3) is 5.69 Å². The number of thioether (sulfide) groups is 1. The molecule has 1 rings (SSSR count). The minimum atomic E-state index is -0.406. The van der Waals surface area contributed by atoms with E-state index in [2.05, 4.69) is 4.98 Å². The van der Waals surface area contributed by atoms with Gasteiger partial charge in [0.1, 0.15) is 5.03 Å². The van der Waals surface area contributed by atoms with Crippen LogP contribution in [-0.4, -0.2) is 27.4 Å². The van der Waals surface area contributed by atoms with Crippen molar-refractivity contribution in [1.82, 2.24) is 4.98 Å². The molecular weight excluding hydrogens is 228 g/mol. The molecule has 16 heavy (non-hydrogen) atoms. The van der Waals surface area contributed by atoms with Gasteiger partial charge in [-0.05, 0) is 12.8 Å². The van der Waals surface area contributed by atoms with Crippen LogP contribution >= 0.6 is 11.8 Å². The Balaban J connectivity index is 2.75. The Morgan fingerprint density at radius 3 is 2.94 bits per heavy atom. The quantitative estimate of drug-likeness (QED) is 0.485. The van der Waals surface area contributed by atoms with Gasteiger partial charge >= 0.3 is 0 Å². The monoisotopic (exact) mass is 242 g/mol. The smallest absolute Gasteiger partial charge is 0.276 e. The largest absolute Gasteiger partial charge is 0.396 e. The zero-order valence-electron chi connectivity index (χ0n) is 9.21. The highest BCUT2D eigenvalue weighted by Crippen LogP contribution is 2.24. The molecular formula is C10H14N2O3S. The standard InChI is InChI=1S/C10H14N2O3S/c1-7(5-13)6-16-10-3-9(12(14)15)8(2)4-11-10/h3-4,7,13H,5-6H2,1-2H3. The first-order valence-electron chi connectivity index (χ1n) is 4.89. The molecule has 0 radical (unpaired) electrons. The number of nitro groups is 1. The molecule has 88 valence electrons. The predicted molar refractivity (Wildman–Crippen MR) is 62.6 cm³/mol. The SMILES string of the molecule is Cc1cnc(SCC(C)CO)cc1[N+](=O)[O-]. The van der Waals surface area contributed by atoms with Gasteiger partial charge in [0.05, 0.1) is 4.92 Å². The molecule has 0 spiro atoms. The zero-order valence-corrected chi connectivity index (χ0v) is 10.0. The molecule has 1 atom stereocenters. The van der Waals surface area contributed by atoms with Crippen molar-refractivity contribution in [2.75, 3.05) is 12.4 Å². The van der Waals surface area contributed by atoms with Crippen molar-refractivity contribution in [3.8, 4) is 0 Å². The van der Waals surface area contributed by atoms with Crippen molar-refractivity contribution in [2.45, 2.75) is 18.9 Å². The Labute approximate surface area is 98.0 Å². The van der Waals surface area contributed by atoms with E-state index in [0.29, 0.717) is 16.3 Å². The summed E-state index contributed by atoms with van der Waals surface area (Å²) in [6.45, 7) is 3.69. The van der Waals surface area contributed by atoms with E-state index in [4.69, 9.17) is 5.11 Å². The number of aryl methyl sites for hydroxylation is 1. The lowest BCUT2D eigenvalue weighted by Crippen LogP contribution is -2.03. The fourth-order valence-electron chi connectivity index (χ4n) is 1.05. The van der Waals surface area contributed by atoms with Crippen LogP contribution in [0.2, 0.25) is 0 Å². The molecule has 0 aromatic carbocycles. The summed E-state index contributed by atoms with van der Waals surface area (Å²) in [6.07, 6.45) is 1.50. The minimum Gasteiger partial charge on any atom is -0.396 e. The maximum absolute atomic E-state index is 10.7. The molecule has 1 aromatic heterocycles. The highest BCUT2D eigenvalue weighted by Gasteiger charge is 2.12.